The van der Waals surface area contributed by atoms with Crippen LogP contribution in [0.5, 0.6) is 0 Å². The van der Waals surface area contributed by atoms with Crippen LogP contribution < -0.4 is 5.69 Å². The highest BCUT2D eigenvalue weighted by atomic mass is 32.2. The lowest BCUT2D eigenvalue weighted by molar-refractivity contribution is -0.131. The molecule has 0 unspecified atom stereocenters. The Kier molecular flexibility index (Phi) is 6.77. The highest BCUT2D eigenvalue weighted by molar-refractivity contribution is 8.00. The third-order valence-corrected chi connectivity index (χ3v) is 6.17. The minimum atomic E-state index is -0.249. The van der Waals surface area contributed by atoms with Gasteiger partial charge in [-0.05, 0) is 44.1 Å². The number of aromatic amines is 1. The van der Waals surface area contributed by atoms with Gasteiger partial charge in [0.2, 0.25) is 5.91 Å². The topological polar surface area (TPSA) is 71.0 Å². The summed E-state index contributed by atoms with van der Waals surface area (Å²) in [5, 5.41) is 6.92. The van der Waals surface area contributed by atoms with E-state index in [9.17, 15) is 9.59 Å². The molecule has 1 fully saturated rings. The van der Waals surface area contributed by atoms with Gasteiger partial charge in [0.15, 0.2) is 5.16 Å². The molecular formula is C20H28N4O2S. The summed E-state index contributed by atoms with van der Waals surface area (Å²) >= 11 is 1.37. The van der Waals surface area contributed by atoms with Crippen molar-refractivity contribution in [3.63, 3.8) is 0 Å². The average Bonchev–Trinajstić information content (AvgIpc) is 3.03. The van der Waals surface area contributed by atoms with Crippen LogP contribution >= 0.6 is 11.8 Å². The number of thioether (sulfide) groups is 1. The molecule has 27 heavy (non-hydrogen) atoms. The second-order valence-electron chi connectivity index (χ2n) is 7.18. The van der Waals surface area contributed by atoms with E-state index in [0.717, 1.165) is 38.8 Å². The first kappa shape index (κ1) is 19.7. The number of carbonyl (C=O) groups excluding carboxylic acids is 1. The molecule has 2 aromatic rings. The lowest BCUT2D eigenvalue weighted by Gasteiger charge is -2.33. The fraction of sp³-hybridized carbons (Fsp3) is 0.550. The van der Waals surface area contributed by atoms with Crippen LogP contribution in [0.25, 0.3) is 0 Å². The standard InChI is InChI=1S/C20H28N4O2S/c1-3-11-24-19(26)21-22-20(24)27-15(2)18(25)23-12-9-17(10-13-23)14-16-7-5-4-6-8-16/h4-8,15,17H,3,9-14H2,1-2H3,(H,21,26)/t15-/m0/s1. The zero-order valence-electron chi connectivity index (χ0n) is 16.1. The van der Waals surface area contributed by atoms with Crippen molar-refractivity contribution in [1.82, 2.24) is 19.7 Å². The van der Waals surface area contributed by atoms with Crippen molar-refractivity contribution < 1.29 is 4.79 Å². The number of benzene rings is 1. The van der Waals surface area contributed by atoms with Gasteiger partial charge in [-0.25, -0.2) is 9.89 Å². The Balaban J connectivity index is 1.52. The molecule has 0 bridgehead atoms. The average molecular weight is 389 g/mol. The van der Waals surface area contributed by atoms with E-state index in [4.69, 9.17) is 0 Å². The molecule has 7 heteroatoms. The van der Waals surface area contributed by atoms with Crippen LogP contribution in [0.3, 0.4) is 0 Å². The van der Waals surface area contributed by atoms with Crippen LogP contribution in [0.15, 0.2) is 40.3 Å². The van der Waals surface area contributed by atoms with E-state index in [1.54, 1.807) is 4.57 Å². The van der Waals surface area contributed by atoms with Crippen molar-refractivity contribution in [3.8, 4) is 0 Å². The highest BCUT2D eigenvalue weighted by Gasteiger charge is 2.27. The number of carbonyl (C=O) groups is 1. The molecule has 0 aliphatic carbocycles. The number of nitrogens with zero attached hydrogens (tertiary/aromatic N) is 3. The second kappa shape index (κ2) is 9.26. The van der Waals surface area contributed by atoms with Gasteiger partial charge in [0.25, 0.3) is 0 Å². The van der Waals surface area contributed by atoms with E-state index in [-0.39, 0.29) is 16.8 Å². The van der Waals surface area contributed by atoms with E-state index in [1.165, 1.54) is 17.3 Å². The van der Waals surface area contributed by atoms with E-state index in [2.05, 4.69) is 34.5 Å². The third kappa shape index (κ3) is 5.03. The molecule has 0 spiro atoms. The van der Waals surface area contributed by atoms with Gasteiger partial charge in [-0.2, -0.15) is 0 Å². The number of aromatic nitrogens is 3. The number of nitrogens with one attached hydrogen (secondary N) is 1. The first-order valence-electron chi connectivity index (χ1n) is 9.73. The first-order valence-corrected chi connectivity index (χ1v) is 10.6. The normalized spacial score (nSPS) is 16.4. The van der Waals surface area contributed by atoms with Gasteiger partial charge >= 0.3 is 5.69 Å². The molecule has 1 aliphatic heterocycles. The minimum Gasteiger partial charge on any atom is -0.342 e. The predicted octanol–water partition coefficient (Wildman–Crippen LogP) is 2.94. The quantitative estimate of drug-likeness (QED) is 0.741. The molecule has 1 N–H and O–H groups in total. The lowest BCUT2D eigenvalue weighted by Crippen LogP contribution is -2.42. The summed E-state index contributed by atoms with van der Waals surface area (Å²) in [5.41, 5.74) is 1.17. The van der Waals surface area contributed by atoms with Gasteiger partial charge in [0, 0.05) is 19.6 Å². The Bertz CT molecular complexity index is 794. The van der Waals surface area contributed by atoms with Crippen molar-refractivity contribution in [3.05, 3.63) is 46.4 Å². The van der Waals surface area contributed by atoms with Crippen LogP contribution in [-0.2, 0) is 17.8 Å². The van der Waals surface area contributed by atoms with Gasteiger partial charge in [-0.1, -0.05) is 49.0 Å². The number of likely N-dealkylation sites (tertiary alicyclic amines) is 1. The van der Waals surface area contributed by atoms with Crippen molar-refractivity contribution in [1.29, 1.82) is 0 Å². The van der Waals surface area contributed by atoms with E-state index < -0.39 is 0 Å². The van der Waals surface area contributed by atoms with Crippen LogP contribution in [-0.4, -0.2) is 43.9 Å². The maximum absolute atomic E-state index is 12.8. The number of amides is 1. The number of rotatable bonds is 7. The summed E-state index contributed by atoms with van der Waals surface area (Å²) in [4.78, 5) is 26.6. The molecule has 146 valence electrons. The molecule has 3 rings (SSSR count). The summed E-state index contributed by atoms with van der Waals surface area (Å²) < 4.78 is 1.61. The van der Waals surface area contributed by atoms with Crippen molar-refractivity contribution >= 4 is 17.7 Å². The Hall–Kier alpha value is -2.02. The van der Waals surface area contributed by atoms with Crippen molar-refractivity contribution in [2.24, 2.45) is 5.92 Å². The SMILES string of the molecule is CCCn1c(S[C@@H](C)C(=O)N2CCC(Cc3ccccc3)CC2)n[nH]c1=O. The summed E-state index contributed by atoms with van der Waals surface area (Å²) in [5.74, 6) is 0.775. The summed E-state index contributed by atoms with van der Waals surface area (Å²) in [6.45, 7) is 6.15. The van der Waals surface area contributed by atoms with E-state index in [1.807, 2.05) is 24.8 Å². The van der Waals surface area contributed by atoms with Gasteiger partial charge in [0.1, 0.15) is 0 Å². The Morgan fingerprint density at radius 3 is 2.67 bits per heavy atom. The number of hydrogen-bond acceptors (Lipinski definition) is 4. The molecule has 0 radical (unpaired) electrons. The molecule has 6 nitrogen and oxygen atoms in total. The predicted molar refractivity (Wildman–Crippen MR) is 108 cm³/mol. The van der Waals surface area contributed by atoms with Crippen LogP contribution in [0.1, 0.15) is 38.7 Å². The maximum atomic E-state index is 12.8. The fourth-order valence-corrected chi connectivity index (χ4v) is 4.55. The fourth-order valence-electron chi connectivity index (χ4n) is 3.58. The Morgan fingerprint density at radius 2 is 2.00 bits per heavy atom. The highest BCUT2D eigenvalue weighted by Crippen LogP contribution is 2.26. The number of H-pyrrole nitrogens is 1. The summed E-state index contributed by atoms with van der Waals surface area (Å²) in [6.07, 6.45) is 4.02. The smallest absolute Gasteiger partial charge is 0.342 e. The monoisotopic (exact) mass is 388 g/mol. The zero-order valence-corrected chi connectivity index (χ0v) is 16.9. The second-order valence-corrected chi connectivity index (χ2v) is 8.49. The van der Waals surface area contributed by atoms with E-state index >= 15 is 0 Å². The molecule has 1 amide bonds. The molecular weight excluding hydrogens is 360 g/mol. The summed E-state index contributed by atoms with van der Waals surface area (Å²) in [7, 11) is 0. The van der Waals surface area contributed by atoms with Crippen molar-refractivity contribution in [2.75, 3.05) is 13.1 Å². The minimum absolute atomic E-state index is 0.136. The molecule has 1 aliphatic rings. The Labute approximate surface area is 164 Å². The molecule has 1 aromatic carbocycles. The summed E-state index contributed by atoms with van der Waals surface area (Å²) in [6, 6.07) is 10.6. The number of hydrogen-bond donors (Lipinski definition) is 1. The van der Waals surface area contributed by atoms with Gasteiger partial charge < -0.3 is 4.90 Å². The molecule has 2 heterocycles. The zero-order chi connectivity index (χ0) is 19.2. The van der Waals surface area contributed by atoms with Gasteiger partial charge in [-0.15, -0.1) is 5.10 Å². The molecule has 0 saturated carbocycles. The number of piperidine rings is 1. The Morgan fingerprint density at radius 1 is 1.30 bits per heavy atom. The molecule has 1 aromatic heterocycles. The molecule has 1 atom stereocenters. The van der Waals surface area contributed by atoms with Crippen LogP contribution in [0.2, 0.25) is 0 Å². The van der Waals surface area contributed by atoms with Crippen LogP contribution in [0, 0.1) is 5.92 Å². The van der Waals surface area contributed by atoms with Crippen molar-refractivity contribution in [2.45, 2.75) is 56.5 Å². The first-order chi connectivity index (χ1) is 13.1. The van der Waals surface area contributed by atoms with Gasteiger partial charge in [-0.3, -0.25) is 9.36 Å². The lowest BCUT2D eigenvalue weighted by atomic mass is 9.90. The van der Waals surface area contributed by atoms with E-state index in [0.29, 0.717) is 17.6 Å². The third-order valence-electron chi connectivity index (χ3n) is 5.09. The van der Waals surface area contributed by atoms with Gasteiger partial charge in [0.05, 0.1) is 5.25 Å². The largest absolute Gasteiger partial charge is 0.343 e. The van der Waals surface area contributed by atoms with Crippen LogP contribution in [0.4, 0.5) is 0 Å². The molecule has 1 saturated heterocycles. The maximum Gasteiger partial charge on any atom is 0.343 e.